The number of hydrogen-bond acceptors (Lipinski definition) is 3. The van der Waals surface area contributed by atoms with Gasteiger partial charge in [0.2, 0.25) is 0 Å². The summed E-state index contributed by atoms with van der Waals surface area (Å²) < 4.78 is 23.1. The molecule has 5 heteroatoms. The molecule has 162 valence electrons. The maximum Gasteiger partial charge on any atom is 0.303 e. The van der Waals surface area contributed by atoms with Gasteiger partial charge >= 0.3 is 5.97 Å². The fourth-order valence-corrected chi connectivity index (χ4v) is 2.96. The van der Waals surface area contributed by atoms with Gasteiger partial charge in [-0.15, -0.1) is 0 Å². The molecule has 0 aliphatic heterocycles. The molecule has 0 unspecified atom stereocenters. The molecule has 2 aromatic rings. The van der Waals surface area contributed by atoms with Crippen molar-refractivity contribution in [3.05, 3.63) is 65.2 Å². The molecule has 0 spiro atoms. The van der Waals surface area contributed by atoms with Gasteiger partial charge in [-0.25, -0.2) is 0 Å². The Balaban J connectivity index is 1.65. The first kappa shape index (κ1) is 19.7. The zero-order valence-electron chi connectivity index (χ0n) is 19.8. The van der Waals surface area contributed by atoms with E-state index in [9.17, 15) is 9.59 Å². The van der Waals surface area contributed by atoms with E-state index in [1.165, 1.54) is 7.05 Å². The molecule has 1 N–H and O–H groups in total. The number of unbranched alkanes of at least 4 members (excludes halogenated alkanes) is 2. The van der Waals surface area contributed by atoms with Gasteiger partial charge in [0, 0.05) is 42.6 Å². The van der Waals surface area contributed by atoms with Gasteiger partial charge in [-0.05, 0) is 62.4 Å². The normalized spacial score (nSPS) is 14.0. The number of rotatable bonds is 10. The van der Waals surface area contributed by atoms with E-state index in [2.05, 4.69) is 11.8 Å². The lowest BCUT2D eigenvalue weighted by atomic mass is 10.1. The van der Waals surface area contributed by atoms with E-state index in [0.717, 1.165) is 23.3 Å². The Morgan fingerprint density at radius 1 is 1.13 bits per heavy atom. The average Bonchev–Trinajstić information content (AvgIpc) is 3.64. The van der Waals surface area contributed by atoms with Crippen LogP contribution in [0.25, 0.3) is 0 Å². The molecule has 0 radical (unpaired) electrons. The molecule has 1 saturated carbocycles. The van der Waals surface area contributed by atoms with Gasteiger partial charge in [-0.3, -0.25) is 9.59 Å². The molecule has 1 fully saturated rings. The van der Waals surface area contributed by atoms with Gasteiger partial charge in [0.25, 0.3) is 5.91 Å². The number of amides is 1. The number of carboxylic acid groups (broad SMARTS) is 1. The molecule has 0 aromatic heterocycles. The van der Waals surface area contributed by atoms with Crippen LogP contribution in [0.15, 0.2) is 48.5 Å². The summed E-state index contributed by atoms with van der Waals surface area (Å²) in [4.78, 5) is 24.7. The predicted molar refractivity (Wildman–Crippen MR) is 120 cm³/mol. The third-order valence-electron chi connectivity index (χ3n) is 4.90. The minimum Gasteiger partial charge on any atom is -0.493 e. The Morgan fingerprint density at radius 2 is 1.87 bits per heavy atom. The zero-order chi connectivity index (χ0) is 23.8. The van der Waals surface area contributed by atoms with Crippen LogP contribution in [0.5, 0.6) is 5.75 Å². The van der Waals surface area contributed by atoms with E-state index in [4.69, 9.17) is 12.6 Å². The minimum absolute atomic E-state index is 0.125. The number of ether oxygens (including phenoxy) is 1. The molecule has 0 bridgehead atoms. The van der Waals surface area contributed by atoms with Crippen molar-refractivity contribution in [1.29, 1.82) is 0 Å². The Labute approximate surface area is 186 Å². The van der Waals surface area contributed by atoms with E-state index in [1.54, 1.807) is 48.5 Å². The second-order valence-corrected chi connectivity index (χ2v) is 7.65. The molecule has 5 nitrogen and oxygen atoms in total. The second-order valence-electron chi connectivity index (χ2n) is 7.65. The first-order valence-electron chi connectivity index (χ1n) is 11.6. The molecule has 31 heavy (non-hydrogen) atoms. The van der Waals surface area contributed by atoms with Crippen LogP contribution in [0.1, 0.15) is 62.8 Å². The zero-order valence-corrected chi connectivity index (χ0v) is 17.8. The van der Waals surface area contributed by atoms with E-state index >= 15 is 0 Å². The Bertz CT molecular complexity index is 1040. The monoisotopic (exact) mass is 421 g/mol. The summed E-state index contributed by atoms with van der Waals surface area (Å²) in [5, 5.41) is 8.70. The predicted octanol–water partition coefficient (Wildman–Crippen LogP) is 4.74. The van der Waals surface area contributed by atoms with Crippen LogP contribution in [0.2, 0.25) is 0 Å². The number of carbonyl (C=O) groups is 2. The standard InChI is InChI=1S/C26H29NO4/c1-27(26(30)22-16-14-21(15-17-22)13-12-20-10-11-20)19-23-7-4-5-8-24(23)31-18-6-2-3-9-25(28)29/h4-5,7-8,14-17,20H,2-3,6,9-11,18-19H2,1H3,(H,28,29)/i19D2. The number of benzene rings is 2. The lowest BCUT2D eigenvalue weighted by Crippen LogP contribution is -2.26. The third kappa shape index (κ3) is 7.49. The molecule has 0 saturated heterocycles. The highest BCUT2D eigenvalue weighted by molar-refractivity contribution is 5.94. The number of aliphatic carboxylic acids is 1. The first-order valence-corrected chi connectivity index (χ1v) is 10.6. The number of carboxylic acids is 1. The Morgan fingerprint density at radius 3 is 2.58 bits per heavy atom. The van der Waals surface area contributed by atoms with Crippen molar-refractivity contribution in [1.82, 2.24) is 4.90 Å². The molecule has 1 amide bonds. The van der Waals surface area contributed by atoms with Gasteiger partial charge in [-0.1, -0.05) is 30.0 Å². The van der Waals surface area contributed by atoms with Crippen molar-refractivity contribution >= 4 is 11.9 Å². The Hall–Kier alpha value is -3.26. The molecule has 0 heterocycles. The first-order chi connectivity index (χ1) is 15.8. The lowest BCUT2D eigenvalue weighted by Gasteiger charge is -2.19. The highest BCUT2D eigenvalue weighted by Crippen LogP contribution is 2.27. The van der Waals surface area contributed by atoms with Crippen LogP contribution < -0.4 is 4.74 Å². The fourth-order valence-electron chi connectivity index (χ4n) is 2.96. The summed E-state index contributed by atoms with van der Waals surface area (Å²) in [5.41, 5.74) is 1.49. The van der Waals surface area contributed by atoms with Crippen molar-refractivity contribution in [3.63, 3.8) is 0 Å². The molecule has 0 atom stereocenters. The van der Waals surface area contributed by atoms with Crippen LogP contribution in [0, 0.1) is 17.8 Å². The molecule has 3 rings (SSSR count). The van der Waals surface area contributed by atoms with Gasteiger partial charge < -0.3 is 14.7 Å². The summed E-state index contributed by atoms with van der Waals surface area (Å²) >= 11 is 0. The topological polar surface area (TPSA) is 66.8 Å². The van der Waals surface area contributed by atoms with Crippen LogP contribution in [0.4, 0.5) is 0 Å². The summed E-state index contributed by atoms with van der Waals surface area (Å²) in [6, 6.07) is 13.7. The van der Waals surface area contributed by atoms with Crippen molar-refractivity contribution in [2.24, 2.45) is 5.92 Å². The van der Waals surface area contributed by atoms with Gasteiger partial charge in [0.05, 0.1) is 9.35 Å². The smallest absolute Gasteiger partial charge is 0.303 e. The summed E-state index contributed by atoms with van der Waals surface area (Å²) in [7, 11) is 1.44. The van der Waals surface area contributed by atoms with Crippen LogP contribution in [-0.2, 0) is 11.3 Å². The largest absolute Gasteiger partial charge is 0.493 e. The van der Waals surface area contributed by atoms with Crippen LogP contribution >= 0.6 is 0 Å². The van der Waals surface area contributed by atoms with Crippen molar-refractivity contribution in [2.45, 2.75) is 45.0 Å². The maximum atomic E-state index is 13.0. The van der Waals surface area contributed by atoms with E-state index < -0.39 is 18.4 Å². The molecule has 1 aliphatic rings. The summed E-state index contributed by atoms with van der Waals surface area (Å²) in [5.74, 6) is 5.90. The lowest BCUT2D eigenvalue weighted by molar-refractivity contribution is -0.137. The number of nitrogens with zero attached hydrogens (tertiary/aromatic N) is 1. The highest BCUT2D eigenvalue weighted by atomic mass is 16.5. The maximum absolute atomic E-state index is 13.0. The van der Waals surface area contributed by atoms with Crippen molar-refractivity contribution in [3.8, 4) is 17.6 Å². The average molecular weight is 422 g/mol. The third-order valence-corrected chi connectivity index (χ3v) is 4.90. The van der Waals surface area contributed by atoms with Crippen LogP contribution in [0.3, 0.4) is 0 Å². The van der Waals surface area contributed by atoms with Crippen LogP contribution in [-0.4, -0.2) is 35.5 Å². The van der Waals surface area contributed by atoms with Crippen molar-refractivity contribution < 1.29 is 22.2 Å². The fraction of sp³-hybridized carbons (Fsp3) is 0.385. The molecular formula is C26H29NO4. The van der Waals surface area contributed by atoms with E-state index in [0.29, 0.717) is 43.1 Å². The van der Waals surface area contributed by atoms with Gasteiger partial charge in [-0.2, -0.15) is 0 Å². The quantitative estimate of drug-likeness (QED) is 0.444. The SMILES string of the molecule is [2H]C([2H])(c1ccccc1OCCCCCC(=O)O)N(C)C(=O)c1ccc(C#CC2CC2)cc1. The number of hydrogen-bond donors (Lipinski definition) is 1. The summed E-state index contributed by atoms with van der Waals surface area (Å²) in [6.45, 7) is -1.75. The van der Waals surface area contributed by atoms with Crippen molar-refractivity contribution in [2.75, 3.05) is 13.7 Å². The molecular weight excluding hydrogens is 390 g/mol. The molecule has 1 aliphatic carbocycles. The number of carbonyl (C=O) groups excluding carboxylic acids is 1. The number of para-hydroxylation sites is 1. The molecule has 2 aromatic carbocycles. The van der Waals surface area contributed by atoms with E-state index in [-0.39, 0.29) is 12.0 Å². The highest BCUT2D eigenvalue weighted by Gasteiger charge is 2.18. The summed E-state index contributed by atoms with van der Waals surface area (Å²) in [6.07, 6.45) is 4.37. The van der Waals surface area contributed by atoms with E-state index in [1.807, 2.05) is 0 Å². The van der Waals surface area contributed by atoms with Gasteiger partial charge in [0.15, 0.2) is 0 Å². The minimum atomic E-state index is -2.10. The second kappa shape index (κ2) is 11.2. The van der Waals surface area contributed by atoms with Gasteiger partial charge in [0.1, 0.15) is 5.75 Å². The Kier molecular flexibility index (Phi) is 7.12.